The van der Waals surface area contributed by atoms with E-state index < -0.39 is 0 Å². The predicted octanol–water partition coefficient (Wildman–Crippen LogP) is 3.68. The van der Waals surface area contributed by atoms with Crippen LogP contribution in [-0.2, 0) is 6.54 Å². The number of anilines is 1. The number of piperidine rings is 1. The lowest BCUT2D eigenvalue weighted by Gasteiger charge is -2.33. The molecule has 5 heteroatoms. The highest BCUT2D eigenvalue weighted by atomic mass is 16.5. The highest BCUT2D eigenvalue weighted by Gasteiger charge is 2.21. The molecule has 26 heavy (non-hydrogen) atoms. The lowest BCUT2D eigenvalue weighted by molar-refractivity contribution is 0.170. The highest BCUT2D eigenvalue weighted by molar-refractivity contribution is 5.40. The van der Waals surface area contributed by atoms with Gasteiger partial charge in [-0.2, -0.15) is 0 Å². The van der Waals surface area contributed by atoms with E-state index >= 15 is 0 Å². The van der Waals surface area contributed by atoms with Gasteiger partial charge in [-0.05, 0) is 36.2 Å². The van der Waals surface area contributed by atoms with Crippen molar-refractivity contribution in [1.82, 2.24) is 14.5 Å². The van der Waals surface area contributed by atoms with Crippen LogP contribution in [0.15, 0.2) is 61.3 Å². The van der Waals surface area contributed by atoms with Crippen LogP contribution in [0.25, 0.3) is 0 Å². The molecule has 3 aromatic rings. The number of nitrogens with zero attached hydrogens (tertiary/aromatic N) is 4. The second-order valence-electron chi connectivity index (χ2n) is 6.88. The van der Waals surface area contributed by atoms with Crippen molar-refractivity contribution >= 4 is 5.82 Å². The molecule has 1 aliphatic rings. The maximum atomic E-state index is 6.14. The second-order valence-corrected chi connectivity index (χ2v) is 6.88. The molecule has 2 aromatic heterocycles. The number of benzene rings is 1. The molecule has 3 heterocycles. The average Bonchev–Trinajstić information content (AvgIpc) is 3.16. The van der Waals surface area contributed by atoms with Crippen LogP contribution in [0.4, 0.5) is 5.82 Å². The number of imidazole rings is 1. The topological polar surface area (TPSA) is 43.2 Å². The fourth-order valence-electron chi connectivity index (χ4n) is 3.37. The van der Waals surface area contributed by atoms with Crippen LogP contribution in [0.5, 0.6) is 5.75 Å². The zero-order valence-corrected chi connectivity index (χ0v) is 15.1. The molecule has 0 bridgehead atoms. The first-order chi connectivity index (χ1) is 12.8. The second kappa shape index (κ2) is 7.60. The molecule has 0 radical (unpaired) electrons. The van der Waals surface area contributed by atoms with Gasteiger partial charge in [0.15, 0.2) is 0 Å². The summed E-state index contributed by atoms with van der Waals surface area (Å²) in [5.74, 6) is 2.03. The summed E-state index contributed by atoms with van der Waals surface area (Å²) in [4.78, 5) is 11.1. The number of hydrogen-bond donors (Lipinski definition) is 0. The van der Waals surface area contributed by atoms with E-state index in [1.54, 1.807) is 6.20 Å². The molecule has 0 amide bonds. The van der Waals surface area contributed by atoms with Gasteiger partial charge < -0.3 is 14.2 Å². The Morgan fingerprint density at radius 2 is 2.04 bits per heavy atom. The predicted molar refractivity (Wildman–Crippen MR) is 103 cm³/mol. The van der Waals surface area contributed by atoms with Crippen molar-refractivity contribution < 1.29 is 4.74 Å². The van der Waals surface area contributed by atoms with Gasteiger partial charge in [-0.25, -0.2) is 9.97 Å². The summed E-state index contributed by atoms with van der Waals surface area (Å²) in [7, 11) is 0. The Morgan fingerprint density at radius 1 is 1.15 bits per heavy atom. The van der Waals surface area contributed by atoms with Gasteiger partial charge in [0, 0.05) is 51.1 Å². The Hall–Kier alpha value is -2.82. The Bertz CT molecular complexity index is 821. The van der Waals surface area contributed by atoms with Crippen molar-refractivity contribution in [2.75, 3.05) is 18.0 Å². The minimum Gasteiger partial charge on any atom is -0.490 e. The monoisotopic (exact) mass is 348 g/mol. The van der Waals surface area contributed by atoms with Crippen LogP contribution in [0, 0.1) is 6.92 Å². The van der Waals surface area contributed by atoms with Crippen molar-refractivity contribution in [3.8, 4) is 5.75 Å². The normalized spacial score (nSPS) is 15.2. The Morgan fingerprint density at radius 3 is 2.73 bits per heavy atom. The molecule has 1 fully saturated rings. The smallest absolute Gasteiger partial charge is 0.128 e. The fraction of sp³-hybridized carbons (Fsp3) is 0.333. The van der Waals surface area contributed by atoms with E-state index in [2.05, 4.69) is 52.1 Å². The summed E-state index contributed by atoms with van der Waals surface area (Å²) >= 11 is 0. The third kappa shape index (κ3) is 4.04. The number of pyridine rings is 1. The number of hydrogen-bond acceptors (Lipinski definition) is 4. The summed E-state index contributed by atoms with van der Waals surface area (Å²) in [6.45, 7) is 4.85. The van der Waals surface area contributed by atoms with E-state index in [1.807, 2.05) is 29.4 Å². The molecular formula is C21H24N4O. The van der Waals surface area contributed by atoms with Crippen molar-refractivity contribution in [3.63, 3.8) is 0 Å². The van der Waals surface area contributed by atoms with E-state index in [9.17, 15) is 0 Å². The molecule has 0 saturated carbocycles. The molecule has 0 unspecified atom stereocenters. The third-order valence-corrected chi connectivity index (χ3v) is 4.79. The van der Waals surface area contributed by atoms with Gasteiger partial charge in [0.25, 0.3) is 0 Å². The zero-order chi connectivity index (χ0) is 17.8. The summed E-state index contributed by atoms with van der Waals surface area (Å²) in [5, 5.41) is 0. The van der Waals surface area contributed by atoms with E-state index in [4.69, 9.17) is 4.74 Å². The first-order valence-corrected chi connectivity index (χ1v) is 9.15. The van der Waals surface area contributed by atoms with E-state index in [1.165, 1.54) is 11.1 Å². The lowest BCUT2D eigenvalue weighted by Crippen LogP contribution is -2.38. The van der Waals surface area contributed by atoms with Gasteiger partial charge in [0.1, 0.15) is 17.7 Å². The van der Waals surface area contributed by atoms with Crippen molar-refractivity contribution in [1.29, 1.82) is 0 Å². The van der Waals surface area contributed by atoms with E-state index in [0.29, 0.717) is 0 Å². The fourth-order valence-corrected chi connectivity index (χ4v) is 3.37. The maximum absolute atomic E-state index is 6.14. The van der Waals surface area contributed by atoms with Crippen molar-refractivity contribution in [2.45, 2.75) is 32.4 Å². The van der Waals surface area contributed by atoms with Gasteiger partial charge in [-0.3, -0.25) is 0 Å². The first-order valence-electron chi connectivity index (χ1n) is 9.15. The van der Waals surface area contributed by atoms with Gasteiger partial charge in [-0.1, -0.05) is 18.2 Å². The standard InChI is InChI=1S/C21H24N4O/c1-17-3-2-4-20(13-17)26-19-7-10-25(11-8-19)21-6-5-18(14-23-21)15-24-12-9-22-16-24/h2-6,9,12-14,16,19H,7-8,10-11,15H2,1H3. The quantitative estimate of drug-likeness (QED) is 0.705. The molecule has 0 N–H and O–H groups in total. The van der Waals surface area contributed by atoms with Gasteiger partial charge >= 0.3 is 0 Å². The van der Waals surface area contributed by atoms with Crippen LogP contribution >= 0.6 is 0 Å². The number of ether oxygens (including phenoxy) is 1. The zero-order valence-electron chi connectivity index (χ0n) is 15.1. The molecule has 4 rings (SSSR count). The van der Waals surface area contributed by atoms with Gasteiger partial charge in [-0.15, -0.1) is 0 Å². The molecule has 1 aliphatic heterocycles. The third-order valence-electron chi connectivity index (χ3n) is 4.79. The van der Waals surface area contributed by atoms with Crippen LogP contribution in [0.1, 0.15) is 24.0 Å². The van der Waals surface area contributed by atoms with Crippen LogP contribution in [0.3, 0.4) is 0 Å². The Balaban J connectivity index is 1.31. The van der Waals surface area contributed by atoms with E-state index in [0.717, 1.165) is 44.0 Å². The molecule has 5 nitrogen and oxygen atoms in total. The molecule has 1 saturated heterocycles. The summed E-state index contributed by atoms with van der Waals surface area (Å²) < 4.78 is 8.19. The van der Waals surface area contributed by atoms with Gasteiger partial charge in [0.2, 0.25) is 0 Å². The maximum Gasteiger partial charge on any atom is 0.128 e. The molecule has 0 aliphatic carbocycles. The lowest BCUT2D eigenvalue weighted by atomic mass is 10.1. The minimum atomic E-state index is 0.286. The van der Waals surface area contributed by atoms with Crippen LogP contribution < -0.4 is 9.64 Å². The molecular weight excluding hydrogens is 324 g/mol. The van der Waals surface area contributed by atoms with Crippen LogP contribution in [0.2, 0.25) is 0 Å². The number of aryl methyl sites for hydroxylation is 1. The van der Waals surface area contributed by atoms with Gasteiger partial charge in [0.05, 0.1) is 6.33 Å². The molecule has 0 spiro atoms. The summed E-state index contributed by atoms with van der Waals surface area (Å²) in [5.41, 5.74) is 2.42. The van der Waals surface area contributed by atoms with Crippen molar-refractivity contribution in [2.24, 2.45) is 0 Å². The minimum absolute atomic E-state index is 0.286. The molecule has 0 atom stereocenters. The highest BCUT2D eigenvalue weighted by Crippen LogP contribution is 2.23. The van der Waals surface area contributed by atoms with Crippen molar-refractivity contribution in [3.05, 3.63) is 72.4 Å². The molecule has 134 valence electrons. The molecule has 1 aromatic carbocycles. The SMILES string of the molecule is Cc1cccc(OC2CCN(c3ccc(Cn4ccnc4)cn3)CC2)c1. The van der Waals surface area contributed by atoms with Crippen LogP contribution in [-0.4, -0.2) is 33.7 Å². The summed E-state index contributed by atoms with van der Waals surface area (Å²) in [6, 6.07) is 12.6. The summed E-state index contributed by atoms with van der Waals surface area (Å²) in [6.07, 6.45) is 9.88. The van der Waals surface area contributed by atoms with E-state index in [-0.39, 0.29) is 6.10 Å². The first kappa shape index (κ1) is 16.6. The number of aromatic nitrogens is 3. The Kier molecular flexibility index (Phi) is 4.86. The Labute approximate surface area is 154 Å². The average molecular weight is 348 g/mol. The number of rotatable bonds is 5. The largest absolute Gasteiger partial charge is 0.490 e.